The molecule has 0 aliphatic carbocycles. The highest BCUT2D eigenvalue weighted by Crippen LogP contribution is 2.28. The van der Waals surface area contributed by atoms with Crippen LogP contribution in [0.2, 0.25) is 0 Å². The first-order chi connectivity index (χ1) is 9.10. The predicted molar refractivity (Wildman–Crippen MR) is 75.3 cm³/mol. The highest BCUT2D eigenvalue weighted by Gasteiger charge is 2.08. The highest BCUT2D eigenvalue weighted by atomic mass is 16.3. The number of hydrogen-bond acceptors (Lipinski definition) is 1. The summed E-state index contributed by atoms with van der Waals surface area (Å²) in [6.45, 7) is 4.21. The van der Waals surface area contributed by atoms with Crippen LogP contribution in [0.3, 0.4) is 0 Å². The van der Waals surface area contributed by atoms with E-state index in [0.717, 1.165) is 23.1 Å². The molecule has 0 atom stereocenters. The summed E-state index contributed by atoms with van der Waals surface area (Å²) < 4.78 is 0. The number of benzene rings is 2. The van der Waals surface area contributed by atoms with Crippen LogP contribution in [0.1, 0.15) is 25.0 Å². The zero-order valence-electron chi connectivity index (χ0n) is 11.2. The molecule has 0 saturated carbocycles. The summed E-state index contributed by atoms with van der Waals surface area (Å²) in [5.41, 5.74) is 3.56. The van der Waals surface area contributed by atoms with E-state index in [1.165, 1.54) is 0 Å². The number of hydrogen-bond donors (Lipinski definition) is 0. The normalized spacial score (nSPS) is 10.4. The molecule has 1 radical (unpaired) electrons. The van der Waals surface area contributed by atoms with Crippen LogP contribution < -0.4 is 0 Å². The van der Waals surface area contributed by atoms with Gasteiger partial charge in [0.25, 0.3) is 0 Å². The summed E-state index contributed by atoms with van der Waals surface area (Å²) in [6, 6.07) is 15.0. The first kappa shape index (κ1) is 13.2. The molecule has 0 heterocycles. The Hall–Kier alpha value is -2.27. The molecule has 2 heteroatoms. The van der Waals surface area contributed by atoms with Gasteiger partial charge in [-0.2, -0.15) is 5.26 Å². The molecule has 2 rings (SSSR count). The van der Waals surface area contributed by atoms with Crippen molar-refractivity contribution in [2.24, 2.45) is 5.92 Å². The van der Waals surface area contributed by atoms with Crippen molar-refractivity contribution in [1.82, 2.24) is 0 Å². The molecule has 0 aromatic heterocycles. The van der Waals surface area contributed by atoms with E-state index in [4.69, 9.17) is 5.26 Å². The fraction of sp³-hybridized carbons (Fsp3) is 0.235. The second kappa shape index (κ2) is 5.58. The average Bonchev–Trinajstić information content (AvgIpc) is 2.41. The summed E-state index contributed by atoms with van der Waals surface area (Å²) >= 11 is 0. The van der Waals surface area contributed by atoms with Crippen LogP contribution in [0.4, 0.5) is 0 Å². The lowest BCUT2D eigenvalue weighted by atomic mass is 9.97. The van der Waals surface area contributed by atoms with Crippen molar-refractivity contribution in [2.45, 2.75) is 20.3 Å². The highest BCUT2D eigenvalue weighted by molar-refractivity contribution is 5.66. The van der Waals surface area contributed by atoms with Crippen molar-refractivity contribution in [2.75, 3.05) is 0 Å². The molecule has 0 saturated heterocycles. The van der Waals surface area contributed by atoms with Gasteiger partial charge >= 0.3 is 0 Å². The van der Waals surface area contributed by atoms with Gasteiger partial charge in [0.2, 0.25) is 0 Å². The third kappa shape index (κ3) is 3.14. The molecule has 0 N–H and O–H groups in total. The molecule has 2 aromatic rings. The van der Waals surface area contributed by atoms with Crippen molar-refractivity contribution in [3.63, 3.8) is 0 Å². The van der Waals surface area contributed by atoms with Crippen LogP contribution in [0.25, 0.3) is 11.1 Å². The number of nitriles is 1. The van der Waals surface area contributed by atoms with Crippen LogP contribution in [-0.4, -0.2) is 0 Å². The van der Waals surface area contributed by atoms with Crippen molar-refractivity contribution in [3.05, 3.63) is 53.6 Å². The van der Waals surface area contributed by atoms with E-state index in [-0.39, 0.29) is 5.75 Å². The number of nitrogens with zero attached hydrogens (tertiary/aromatic N) is 1. The monoisotopic (exact) mass is 250 g/mol. The quantitative estimate of drug-likeness (QED) is 0.787. The minimum Gasteiger partial charge on any atom is -0.290 e. The molecule has 2 nitrogen and oxygen atoms in total. The third-order valence-electron chi connectivity index (χ3n) is 3.04. The van der Waals surface area contributed by atoms with Gasteiger partial charge in [0.15, 0.2) is 5.75 Å². The van der Waals surface area contributed by atoms with Gasteiger partial charge in [-0.3, -0.25) is 5.11 Å². The maximum atomic E-state index is 11.8. The Morgan fingerprint density at radius 2 is 1.68 bits per heavy atom. The van der Waals surface area contributed by atoms with Gasteiger partial charge in [-0.15, -0.1) is 0 Å². The standard InChI is InChI=1S/C17H16NO/c1-12(2)9-16-10-15(7-8-17(16)19)14-5-3-13(11-18)4-6-14/h3-8,10,12H,9H2,1-2H3. The fourth-order valence-corrected chi connectivity index (χ4v) is 2.10. The van der Waals surface area contributed by atoms with E-state index >= 15 is 0 Å². The van der Waals surface area contributed by atoms with Gasteiger partial charge in [0.05, 0.1) is 11.6 Å². The van der Waals surface area contributed by atoms with Crippen LogP contribution in [0.5, 0.6) is 5.75 Å². The average molecular weight is 250 g/mol. The second-order valence-corrected chi connectivity index (χ2v) is 5.11. The molecule has 0 aliphatic heterocycles. The van der Waals surface area contributed by atoms with Crippen molar-refractivity contribution < 1.29 is 5.11 Å². The topological polar surface area (TPSA) is 43.7 Å². The lowest BCUT2D eigenvalue weighted by Gasteiger charge is -2.09. The van der Waals surface area contributed by atoms with E-state index in [9.17, 15) is 5.11 Å². The summed E-state index contributed by atoms with van der Waals surface area (Å²) in [5.74, 6) is 0.565. The first-order valence-corrected chi connectivity index (χ1v) is 6.40. The van der Waals surface area contributed by atoms with Gasteiger partial charge in [0.1, 0.15) is 0 Å². The molecule has 0 fully saturated rings. The lowest BCUT2D eigenvalue weighted by molar-refractivity contribution is 0.348. The van der Waals surface area contributed by atoms with Gasteiger partial charge in [-0.25, -0.2) is 0 Å². The Kier molecular flexibility index (Phi) is 3.87. The Morgan fingerprint density at radius 3 is 2.26 bits per heavy atom. The van der Waals surface area contributed by atoms with E-state index in [1.54, 1.807) is 18.2 Å². The van der Waals surface area contributed by atoms with Crippen LogP contribution in [0.15, 0.2) is 42.5 Å². The van der Waals surface area contributed by atoms with Gasteiger partial charge < -0.3 is 0 Å². The summed E-state index contributed by atoms with van der Waals surface area (Å²) in [6.07, 6.45) is 0.795. The lowest BCUT2D eigenvalue weighted by Crippen LogP contribution is -1.94. The second-order valence-electron chi connectivity index (χ2n) is 5.11. The van der Waals surface area contributed by atoms with Crippen LogP contribution in [-0.2, 0) is 11.5 Å². The van der Waals surface area contributed by atoms with E-state index < -0.39 is 0 Å². The van der Waals surface area contributed by atoms with E-state index in [2.05, 4.69) is 19.9 Å². The molecule has 0 amide bonds. The van der Waals surface area contributed by atoms with Crippen molar-refractivity contribution in [3.8, 4) is 22.9 Å². The maximum Gasteiger partial charge on any atom is 0.181 e. The fourth-order valence-electron chi connectivity index (χ4n) is 2.10. The molecule has 0 bridgehead atoms. The molecule has 95 valence electrons. The van der Waals surface area contributed by atoms with Crippen molar-refractivity contribution >= 4 is 0 Å². The Balaban J connectivity index is 2.36. The third-order valence-corrected chi connectivity index (χ3v) is 3.04. The summed E-state index contributed by atoms with van der Waals surface area (Å²) in [4.78, 5) is 0. The number of rotatable bonds is 3. The SMILES string of the molecule is CC(C)Cc1cc(-c2ccc(C#N)cc2)ccc1[O]. The molecular weight excluding hydrogens is 234 g/mol. The summed E-state index contributed by atoms with van der Waals surface area (Å²) in [5, 5.41) is 20.6. The van der Waals surface area contributed by atoms with Gasteiger partial charge in [-0.1, -0.05) is 32.0 Å². The smallest absolute Gasteiger partial charge is 0.181 e. The summed E-state index contributed by atoms with van der Waals surface area (Å²) in [7, 11) is 0. The van der Waals surface area contributed by atoms with Crippen molar-refractivity contribution in [1.29, 1.82) is 5.26 Å². The minimum atomic E-state index is 0.103. The Labute approximate surface area is 114 Å². The van der Waals surface area contributed by atoms with Crippen LogP contribution >= 0.6 is 0 Å². The predicted octanol–water partition coefficient (Wildman–Crippen LogP) is 4.57. The molecular formula is C17H16NO. The maximum absolute atomic E-state index is 11.8. The van der Waals surface area contributed by atoms with E-state index in [0.29, 0.717) is 11.5 Å². The van der Waals surface area contributed by atoms with E-state index in [1.807, 2.05) is 24.3 Å². The molecule has 19 heavy (non-hydrogen) atoms. The van der Waals surface area contributed by atoms with Crippen LogP contribution in [0, 0.1) is 17.2 Å². The molecule has 0 unspecified atom stereocenters. The van der Waals surface area contributed by atoms with Gasteiger partial charge in [-0.05, 0) is 47.7 Å². The van der Waals surface area contributed by atoms with Gasteiger partial charge in [0, 0.05) is 5.56 Å². The zero-order valence-corrected chi connectivity index (χ0v) is 11.2. The Morgan fingerprint density at radius 1 is 1.05 bits per heavy atom. The first-order valence-electron chi connectivity index (χ1n) is 6.40. The Bertz CT molecular complexity index is 606. The minimum absolute atomic E-state index is 0.103. The molecule has 0 spiro atoms. The zero-order chi connectivity index (χ0) is 13.8. The largest absolute Gasteiger partial charge is 0.290 e. The molecule has 0 aliphatic rings. The molecule has 2 aromatic carbocycles.